The molecule has 1 fully saturated rings. The van der Waals surface area contributed by atoms with Gasteiger partial charge >= 0.3 is 0 Å². The van der Waals surface area contributed by atoms with E-state index >= 15 is 0 Å². The number of carbonyl (C=O) groups excluding carboxylic acids is 1. The zero-order valence-electron chi connectivity index (χ0n) is 14.6. The molecule has 2 aliphatic rings. The standard InChI is InChI=1S/C17H27N5O/c1-11(2)21-8-6-15-14(10-21)17(18-4)20-16(19-15)13-5-7-22(9-13)12(3)23/h11,13H,5-10H2,1-4H3,(H,18,19,20)/t13-/m1/s1. The Kier molecular flexibility index (Phi) is 4.53. The van der Waals surface area contributed by atoms with Gasteiger partial charge in [-0.05, 0) is 20.3 Å². The van der Waals surface area contributed by atoms with Crippen LogP contribution in [0.15, 0.2) is 0 Å². The van der Waals surface area contributed by atoms with Gasteiger partial charge in [-0.3, -0.25) is 9.69 Å². The van der Waals surface area contributed by atoms with Crippen LogP contribution < -0.4 is 5.32 Å². The Hall–Kier alpha value is -1.69. The Balaban J connectivity index is 1.86. The maximum Gasteiger partial charge on any atom is 0.219 e. The number of hydrogen-bond acceptors (Lipinski definition) is 5. The number of likely N-dealkylation sites (tertiary alicyclic amines) is 1. The number of anilines is 1. The van der Waals surface area contributed by atoms with Crippen LogP contribution >= 0.6 is 0 Å². The molecular formula is C17H27N5O. The predicted octanol–water partition coefficient (Wildman–Crippen LogP) is 1.62. The van der Waals surface area contributed by atoms with Crippen LogP contribution in [-0.2, 0) is 17.8 Å². The van der Waals surface area contributed by atoms with Gasteiger partial charge in [-0.25, -0.2) is 9.97 Å². The molecule has 126 valence electrons. The molecule has 23 heavy (non-hydrogen) atoms. The first kappa shape index (κ1) is 16.2. The molecule has 1 atom stereocenters. The average molecular weight is 317 g/mol. The van der Waals surface area contributed by atoms with Crippen molar-refractivity contribution in [2.24, 2.45) is 0 Å². The predicted molar refractivity (Wildman–Crippen MR) is 90.4 cm³/mol. The van der Waals surface area contributed by atoms with Gasteiger partial charge in [-0.15, -0.1) is 0 Å². The lowest BCUT2D eigenvalue weighted by atomic mass is 10.0. The summed E-state index contributed by atoms with van der Waals surface area (Å²) in [7, 11) is 1.93. The van der Waals surface area contributed by atoms with Crippen molar-refractivity contribution >= 4 is 11.7 Å². The van der Waals surface area contributed by atoms with Crippen LogP contribution in [-0.4, -0.2) is 58.4 Å². The molecule has 0 unspecified atom stereocenters. The van der Waals surface area contributed by atoms with E-state index in [0.29, 0.717) is 6.04 Å². The van der Waals surface area contributed by atoms with Crippen molar-refractivity contribution in [2.45, 2.75) is 52.1 Å². The molecule has 2 aliphatic heterocycles. The first-order valence-electron chi connectivity index (χ1n) is 8.56. The molecule has 1 N–H and O–H groups in total. The average Bonchev–Trinajstić information content (AvgIpc) is 3.03. The Morgan fingerprint density at radius 2 is 2.09 bits per heavy atom. The maximum absolute atomic E-state index is 11.5. The number of amides is 1. The van der Waals surface area contributed by atoms with Crippen molar-refractivity contribution in [3.8, 4) is 0 Å². The van der Waals surface area contributed by atoms with Crippen LogP contribution in [0.1, 0.15) is 50.2 Å². The Bertz CT molecular complexity index is 584. The fraction of sp³-hybridized carbons (Fsp3) is 0.706. The van der Waals surface area contributed by atoms with Gasteiger partial charge in [0.25, 0.3) is 0 Å². The molecule has 6 nitrogen and oxygen atoms in total. The molecule has 6 heteroatoms. The molecule has 1 aromatic rings. The monoisotopic (exact) mass is 317 g/mol. The highest BCUT2D eigenvalue weighted by Gasteiger charge is 2.30. The van der Waals surface area contributed by atoms with E-state index in [0.717, 1.165) is 50.7 Å². The van der Waals surface area contributed by atoms with Gasteiger partial charge in [0.15, 0.2) is 0 Å². The number of aromatic nitrogens is 2. The summed E-state index contributed by atoms with van der Waals surface area (Å²) in [5.41, 5.74) is 2.41. The molecule has 0 aromatic carbocycles. The fourth-order valence-electron chi connectivity index (χ4n) is 3.54. The van der Waals surface area contributed by atoms with Crippen LogP contribution in [0, 0.1) is 0 Å². The summed E-state index contributed by atoms with van der Waals surface area (Å²) < 4.78 is 0. The highest BCUT2D eigenvalue weighted by Crippen LogP contribution is 2.30. The summed E-state index contributed by atoms with van der Waals surface area (Å²) in [6.07, 6.45) is 1.93. The number of rotatable bonds is 3. The third-order valence-electron chi connectivity index (χ3n) is 5.07. The van der Waals surface area contributed by atoms with E-state index < -0.39 is 0 Å². The molecular weight excluding hydrogens is 290 g/mol. The quantitative estimate of drug-likeness (QED) is 0.918. The minimum atomic E-state index is 0.145. The molecule has 1 saturated heterocycles. The zero-order chi connectivity index (χ0) is 16.6. The van der Waals surface area contributed by atoms with Crippen molar-refractivity contribution in [3.63, 3.8) is 0 Å². The van der Waals surface area contributed by atoms with E-state index in [2.05, 4.69) is 24.1 Å². The minimum Gasteiger partial charge on any atom is -0.373 e. The highest BCUT2D eigenvalue weighted by molar-refractivity contribution is 5.73. The largest absolute Gasteiger partial charge is 0.373 e. The SMILES string of the molecule is CNc1nc([C@@H]2CCN(C(C)=O)C2)nc2c1CN(C(C)C)CC2. The van der Waals surface area contributed by atoms with Crippen LogP contribution in [0.25, 0.3) is 0 Å². The number of nitrogens with zero attached hydrogens (tertiary/aromatic N) is 4. The second kappa shape index (κ2) is 6.43. The van der Waals surface area contributed by atoms with Gasteiger partial charge in [0, 0.05) is 64.1 Å². The molecule has 3 heterocycles. The van der Waals surface area contributed by atoms with Crippen molar-refractivity contribution in [3.05, 3.63) is 17.1 Å². The van der Waals surface area contributed by atoms with Gasteiger partial charge < -0.3 is 10.2 Å². The summed E-state index contributed by atoms with van der Waals surface area (Å²) in [5.74, 6) is 2.26. The lowest BCUT2D eigenvalue weighted by Gasteiger charge is -2.32. The zero-order valence-corrected chi connectivity index (χ0v) is 14.6. The van der Waals surface area contributed by atoms with Gasteiger partial charge in [0.2, 0.25) is 5.91 Å². The molecule has 0 aliphatic carbocycles. The van der Waals surface area contributed by atoms with Gasteiger partial charge in [0.1, 0.15) is 11.6 Å². The van der Waals surface area contributed by atoms with Crippen LogP contribution in [0.2, 0.25) is 0 Å². The third kappa shape index (κ3) is 3.17. The van der Waals surface area contributed by atoms with Crippen molar-refractivity contribution < 1.29 is 4.79 Å². The van der Waals surface area contributed by atoms with Gasteiger partial charge in [-0.1, -0.05) is 0 Å². The number of fused-ring (bicyclic) bond motifs is 1. The molecule has 0 bridgehead atoms. The Morgan fingerprint density at radius 3 is 2.70 bits per heavy atom. The second-order valence-corrected chi connectivity index (χ2v) is 6.87. The number of hydrogen-bond donors (Lipinski definition) is 1. The van der Waals surface area contributed by atoms with Crippen LogP contribution in [0.5, 0.6) is 0 Å². The molecule has 1 amide bonds. The van der Waals surface area contributed by atoms with Crippen molar-refractivity contribution in [1.29, 1.82) is 0 Å². The summed E-state index contributed by atoms with van der Waals surface area (Å²) in [4.78, 5) is 25.6. The van der Waals surface area contributed by atoms with E-state index in [4.69, 9.17) is 9.97 Å². The van der Waals surface area contributed by atoms with E-state index in [9.17, 15) is 4.79 Å². The lowest BCUT2D eigenvalue weighted by molar-refractivity contribution is -0.127. The first-order chi connectivity index (χ1) is 11.0. The normalized spacial score (nSPS) is 21.6. The van der Waals surface area contributed by atoms with Crippen molar-refractivity contribution in [1.82, 2.24) is 19.8 Å². The summed E-state index contributed by atoms with van der Waals surface area (Å²) in [5, 5.41) is 3.25. The summed E-state index contributed by atoms with van der Waals surface area (Å²) in [6.45, 7) is 9.62. The van der Waals surface area contributed by atoms with E-state index in [1.54, 1.807) is 6.92 Å². The molecule has 0 spiro atoms. The van der Waals surface area contributed by atoms with E-state index in [-0.39, 0.29) is 11.8 Å². The Morgan fingerprint density at radius 1 is 1.30 bits per heavy atom. The molecule has 0 saturated carbocycles. The number of carbonyl (C=O) groups is 1. The molecule has 1 aromatic heterocycles. The minimum absolute atomic E-state index is 0.145. The Labute approximate surface area is 138 Å². The van der Waals surface area contributed by atoms with E-state index in [1.807, 2.05) is 11.9 Å². The topological polar surface area (TPSA) is 61.4 Å². The van der Waals surface area contributed by atoms with Gasteiger partial charge in [-0.2, -0.15) is 0 Å². The van der Waals surface area contributed by atoms with Gasteiger partial charge in [0.05, 0.1) is 5.69 Å². The third-order valence-corrected chi connectivity index (χ3v) is 5.07. The molecule has 0 radical (unpaired) electrons. The number of nitrogens with one attached hydrogen (secondary N) is 1. The van der Waals surface area contributed by atoms with E-state index in [1.165, 1.54) is 11.3 Å². The highest BCUT2D eigenvalue weighted by atomic mass is 16.2. The van der Waals surface area contributed by atoms with Crippen LogP contribution in [0.4, 0.5) is 5.82 Å². The fourth-order valence-corrected chi connectivity index (χ4v) is 3.54. The molecule has 3 rings (SSSR count). The first-order valence-corrected chi connectivity index (χ1v) is 8.56. The van der Waals surface area contributed by atoms with Crippen LogP contribution in [0.3, 0.4) is 0 Å². The summed E-state index contributed by atoms with van der Waals surface area (Å²) in [6, 6.07) is 0.534. The maximum atomic E-state index is 11.5. The second-order valence-electron chi connectivity index (χ2n) is 6.87. The smallest absolute Gasteiger partial charge is 0.219 e. The lowest BCUT2D eigenvalue weighted by Crippen LogP contribution is -2.37. The summed E-state index contributed by atoms with van der Waals surface area (Å²) >= 11 is 0. The van der Waals surface area contributed by atoms with Crippen molar-refractivity contribution in [2.75, 3.05) is 32.0 Å².